The first kappa shape index (κ1) is 13.6. The highest BCUT2D eigenvalue weighted by molar-refractivity contribution is 5.78. The maximum Gasteiger partial charge on any atom is 0.169 e. The van der Waals surface area contributed by atoms with Crippen molar-refractivity contribution in [3.05, 3.63) is 35.8 Å². The number of benzene rings is 1. The monoisotopic (exact) mass is 276 g/mol. The zero-order valence-electron chi connectivity index (χ0n) is 11.9. The predicted molar refractivity (Wildman–Crippen MR) is 77.4 cm³/mol. The van der Waals surface area contributed by atoms with Crippen LogP contribution in [0.2, 0.25) is 0 Å². The number of hydrogen-bond acceptors (Lipinski definition) is 3. The lowest BCUT2D eigenvalue weighted by molar-refractivity contribution is 0.182. The zero-order chi connectivity index (χ0) is 14.3. The number of rotatable bonds is 3. The Morgan fingerprint density at radius 2 is 2.25 bits per heavy atom. The highest BCUT2D eigenvalue weighted by atomic mass is 19.1. The molecule has 1 aromatic carbocycles. The molecule has 1 heterocycles. The SMILES string of the molecule is CC1(C)CCCC1C(NN)c1cc2cccc(F)c2o1. The lowest BCUT2D eigenvalue weighted by Gasteiger charge is -2.32. The molecule has 20 heavy (non-hydrogen) atoms. The summed E-state index contributed by atoms with van der Waals surface area (Å²) in [7, 11) is 0. The topological polar surface area (TPSA) is 51.2 Å². The average Bonchev–Trinajstić information content (AvgIpc) is 2.96. The van der Waals surface area contributed by atoms with Crippen LogP contribution in [0.1, 0.15) is 44.9 Å². The van der Waals surface area contributed by atoms with E-state index in [1.165, 1.54) is 18.9 Å². The molecule has 3 rings (SSSR count). The molecular formula is C16H21FN2O. The Morgan fingerprint density at radius 3 is 2.85 bits per heavy atom. The molecule has 4 heteroatoms. The second-order valence-corrected chi connectivity index (χ2v) is 6.44. The van der Waals surface area contributed by atoms with Crippen LogP contribution in [0.4, 0.5) is 4.39 Å². The van der Waals surface area contributed by atoms with Gasteiger partial charge in [0.2, 0.25) is 0 Å². The molecule has 3 nitrogen and oxygen atoms in total. The summed E-state index contributed by atoms with van der Waals surface area (Å²) in [4.78, 5) is 0. The minimum absolute atomic E-state index is 0.0701. The Labute approximate surface area is 118 Å². The average molecular weight is 276 g/mol. The number of halogens is 1. The Hall–Kier alpha value is -1.39. The van der Waals surface area contributed by atoms with Crippen molar-refractivity contribution in [3.63, 3.8) is 0 Å². The van der Waals surface area contributed by atoms with Gasteiger partial charge >= 0.3 is 0 Å². The van der Waals surface area contributed by atoms with Crippen molar-refractivity contribution >= 4 is 11.0 Å². The van der Waals surface area contributed by atoms with Crippen LogP contribution in [0.25, 0.3) is 11.0 Å². The lowest BCUT2D eigenvalue weighted by atomic mass is 9.77. The van der Waals surface area contributed by atoms with Gasteiger partial charge in [-0.3, -0.25) is 5.84 Å². The third-order valence-electron chi connectivity index (χ3n) is 4.74. The molecule has 0 saturated heterocycles. The van der Waals surface area contributed by atoms with E-state index in [4.69, 9.17) is 10.3 Å². The molecule has 2 aromatic rings. The summed E-state index contributed by atoms with van der Waals surface area (Å²) in [5.74, 6) is 6.57. The van der Waals surface area contributed by atoms with E-state index in [9.17, 15) is 4.39 Å². The molecule has 0 spiro atoms. The highest BCUT2D eigenvalue weighted by Crippen LogP contribution is 2.49. The number of hydrogen-bond donors (Lipinski definition) is 2. The summed E-state index contributed by atoms with van der Waals surface area (Å²) >= 11 is 0. The zero-order valence-corrected chi connectivity index (χ0v) is 11.9. The first-order valence-electron chi connectivity index (χ1n) is 7.17. The van der Waals surface area contributed by atoms with E-state index in [1.807, 2.05) is 12.1 Å². The third-order valence-corrected chi connectivity index (χ3v) is 4.74. The van der Waals surface area contributed by atoms with E-state index in [0.29, 0.717) is 11.5 Å². The number of fused-ring (bicyclic) bond motifs is 1. The minimum atomic E-state index is -0.324. The van der Waals surface area contributed by atoms with Gasteiger partial charge < -0.3 is 4.42 Å². The van der Waals surface area contributed by atoms with E-state index in [2.05, 4.69) is 19.3 Å². The van der Waals surface area contributed by atoms with Crippen molar-refractivity contribution in [2.45, 2.75) is 39.2 Å². The molecule has 3 N–H and O–H groups in total. The van der Waals surface area contributed by atoms with Crippen LogP contribution in [-0.4, -0.2) is 0 Å². The summed E-state index contributed by atoms with van der Waals surface area (Å²) in [6, 6.07) is 6.80. The normalized spacial score (nSPS) is 23.3. The molecule has 0 bridgehead atoms. The van der Waals surface area contributed by atoms with E-state index in [1.54, 1.807) is 6.07 Å². The van der Waals surface area contributed by atoms with Gasteiger partial charge in [-0.05, 0) is 36.3 Å². The maximum atomic E-state index is 13.8. The van der Waals surface area contributed by atoms with Gasteiger partial charge in [0.05, 0.1) is 6.04 Å². The smallest absolute Gasteiger partial charge is 0.169 e. The molecule has 1 aliphatic rings. The molecule has 0 amide bonds. The van der Waals surface area contributed by atoms with E-state index in [-0.39, 0.29) is 17.3 Å². The number of furan rings is 1. The van der Waals surface area contributed by atoms with Crippen LogP contribution in [0.15, 0.2) is 28.7 Å². The molecule has 1 fully saturated rings. The van der Waals surface area contributed by atoms with Crippen molar-refractivity contribution in [2.24, 2.45) is 17.2 Å². The molecule has 2 atom stereocenters. The van der Waals surface area contributed by atoms with Crippen molar-refractivity contribution < 1.29 is 8.81 Å². The van der Waals surface area contributed by atoms with Crippen LogP contribution in [0.3, 0.4) is 0 Å². The Kier molecular flexibility index (Phi) is 3.30. The van der Waals surface area contributed by atoms with Gasteiger partial charge in [-0.25, -0.2) is 9.82 Å². The summed E-state index contributed by atoms with van der Waals surface area (Å²) in [6.45, 7) is 4.52. The Bertz CT molecular complexity index is 620. The molecule has 2 unspecified atom stereocenters. The number of nitrogens with two attached hydrogens (primary N) is 1. The standard InChI is InChI=1S/C16H21FN2O/c1-16(2)8-4-6-11(16)14(19-18)13-9-10-5-3-7-12(17)15(10)20-13/h3,5,7,9,11,14,19H,4,6,8,18H2,1-2H3. The van der Waals surface area contributed by atoms with Crippen molar-refractivity contribution in [1.82, 2.24) is 5.43 Å². The van der Waals surface area contributed by atoms with E-state index < -0.39 is 0 Å². The molecule has 1 aliphatic carbocycles. The number of para-hydroxylation sites is 1. The Balaban J connectivity index is 2.01. The van der Waals surface area contributed by atoms with Gasteiger partial charge in [0, 0.05) is 5.39 Å². The van der Waals surface area contributed by atoms with E-state index in [0.717, 1.165) is 17.6 Å². The highest BCUT2D eigenvalue weighted by Gasteiger charge is 2.41. The second-order valence-electron chi connectivity index (χ2n) is 6.44. The molecule has 1 saturated carbocycles. The maximum absolute atomic E-state index is 13.8. The van der Waals surface area contributed by atoms with E-state index >= 15 is 0 Å². The summed E-state index contributed by atoms with van der Waals surface area (Å²) in [5, 5.41) is 0.788. The van der Waals surface area contributed by atoms with Crippen molar-refractivity contribution in [2.75, 3.05) is 0 Å². The minimum Gasteiger partial charge on any atom is -0.456 e. The van der Waals surface area contributed by atoms with Crippen LogP contribution < -0.4 is 11.3 Å². The fourth-order valence-electron chi connectivity index (χ4n) is 3.57. The fourth-order valence-corrected chi connectivity index (χ4v) is 3.57. The number of nitrogens with one attached hydrogen (secondary N) is 1. The predicted octanol–water partition coefficient (Wildman–Crippen LogP) is 3.90. The summed E-state index contributed by atoms with van der Waals surface area (Å²) < 4.78 is 19.5. The first-order valence-corrected chi connectivity index (χ1v) is 7.17. The van der Waals surface area contributed by atoms with Gasteiger partial charge in [-0.15, -0.1) is 0 Å². The van der Waals surface area contributed by atoms with Gasteiger partial charge in [-0.1, -0.05) is 32.4 Å². The van der Waals surface area contributed by atoms with Crippen molar-refractivity contribution in [1.29, 1.82) is 0 Å². The van der Waals surface area contributed by atoms with Gasteiger partial charge in [-0.2, -0.15) is 0 Å². The van der Waals surface area contributed by atoms with Crippen LogP contribution >= 0.6 is 0 Å². The van der Waals surface area contributed by atoms with Gasteiger partial charge in [0.15, 0.2) is 11.4 Å². The largest absolute Gasteiger partial charge is 0.456 e. The summed E-state index contributed by atoms with van der Waals surface area (Å²) in [6.07, 6.45) is 3.50. The Morgan fingerprint density at radius 1 is 1.45 bits per heavy atom. The summed E-state index contributed by atoms with van der Waals surface area (Å²) in [5.41, 5.74) is 3.42. The first-order chi connectivity index (χ1) is 9.53. The molecule has 1 aromatic heterocycles. The van der Waals surface area contributed by atoms with Crippen molar-refractivity contribution in [3.8, 4) is 0 Å². The fraction of sp³-hybridized carbons (Fsp3) is 0.500. The van der Waals surface area contributed by atoms with Crippen LogP contribution in [0, 0.1) is 17.2 Å². The van der Waals surface area contributed by atoms with Gasteiger partial charge in [0.25, 0.3) is 0 Å². The molecule has 108 valence electrons. The quantitative estimate of drug-likeness (QED) is 0.660. The van der Waals surface area contributed by atoms with Gasteiger partial charge in [0.1, 0.15) is 5.76 Å². The van der Waals surface area contributed by atoms with Crippen LogP contribution in [0.5, 0.6) is 0 Å². The third kappa shape index (κ3) is 2.13. The second kappa shape index (κ2) is 4.86. The molecule has 0 aliphatic heterocycles. The lowest BCUT2D eigenvalue weighted by Crippen LogP contribution is -2.37. The molecular weight excluding hydrogens is 255 g/mol. The number of hydrazine groups is 1. The molecule has 0 radical (unpaired) electrons. The van der Waals surface area contributed by atoms with Crippen LogP contribution in [-0.2, 0) is 0 Å².